The number of aliphatic hydroxyl groups is 1. The van der Waals surface area contributed by atoms with E-state index in [0.29, 0.717) is 12.6 Å². The van der Waals surface area contributed by atoms with Gasteiger partial charge < -0.3 is 10.0 Å². The summed E-state index contributed by atoms with van der Waals surface area (Å²) in [6, 6.07) is 0.451. The number of likely N-dealkylation sites (tertiary alicyclic amines) is 1. The Hall–Kier alpha value is -0.0800. The Morgan fingerprint density at radius 1 is 1.42 bits per heavy atom. The van der Waals surface area contributed by atoms with E-state index in [1.54, 1.807) is 0 Å². The Morgan fingerprint density at radius 3 is 2.58 bits per heavy atom. The second-order valence-corrected chi connectivity index (χ2v) is 4.58. The molecule has 2 rings (SSSR count). The van der Waals surface area contributed by atoms with Gasteiger partial charge in [-0.25, -0.2) is 0 Å². The van der Waals surface area contributed by atoms with E-state index >= 15 is 0 Å². The lowest BCUT2D eigenvalue weighted by Gasteiger charge is -2.23. The molecule has 3 atom stereocenters. The molecular weight excluding hydrogens is 150 g/mol. The molecule has 1 saturated heterocycles. The van der Waals surface area contributed by atoms with E-state index in [0.717, 1.165) is 17.8 Å². The molecule has 0 bridgehead atoms. The summed E-state index contributed by atoms with van der Waals surface area (Å²) >= 11 is 0. The molecule has 1 aliphatic heterocycles. The zero-order valence-electron chi connectivity index (χ0n) is 8.03. The van der Waals surface area contributed by atoms with E-state index in [2.05, 4.69) is 18.9 Å². The first kappa shape index (κ1) is 8.52. The average molecular weight is 169 g/mol. The molecule has 2 nitrogen and oxygen atoms in total. The minimum Gasteiger partial charge on any atom is -0.395 e. The molecule has 0 aromatic rings. The van der Waals surface area contributed by atoms with Crippen molar-refractivity contribution in [1.29, 1.82) is 0 Å². The first-order valence-corrected chi connectivity index (χ1v) is 5.05. The predicted molar refractivity (Wildman–Crippen MR) is 48.9 cm³/mol. The molecule has 2 heteroatoms. The number of rotatable bonds is 2. The van der Waals surface area contributed by atoms with Crippen LogP contribution in [0.3, 0.4) is 0 Å². The minimum absolute atomic E-state index is 0.349. The smallest absolute Gasteiger partial charge is 0.0589 e. The maximum Gasteiger partial charge on any atom is 0.0589 e. The fourth-order valence-electron chi connectivity index (χ4n) is 2.91. The summed E-state index contributed by atoms with van der Waals surface area (Å²) in [6.07, 6.45) is 2.80. The van der Waals surface area contributed by atoms with Crippen molar-refractivity contribution in [2.24, 2.45) is 17.8 Å². The summed E-state index contributed by atoms with van der Waals surface area (Å²) in [7, 11) is 2.14. The number of likely N-dealkylation sites (N-methyl/N-ethyl adjacent to an activating group) is 1. The third-order valence-corrected chi connectivity index (χ3v) is 3.60. The summed E-state index contributed by atoms with van der Waals surface area (Å²) in [4.78, 5) is 2.33. The van der Waals surface area contributed by atoms with E-state index < -0.39 is 0 Å². The van der Waals surface area contributed by atoms with Crippen LogP contribution in [0.4, 0.5) is 0 Å². The van der Waals surface area contributed by atoms with Gasteiger partial charge in [0.2, 0.25) is 0 Å². The van der Waals surface area contributed by atoms with Gasteiger partial charge in [0.15, 0.2) is 0 Å². The zero-order valence-corrected chi connectivity index (χ0v) is 8.03. The first-order chi connectivity index (χ1) is 5.74. The molecule has 2 unspecified atom stereocenters. The fourth-order valence-corrected chi connectivity index (χ4v) is 2.91. The van der Waals surface area contributed by atoms with Gasteiger partial charge in [0.25, 0.3) is 0 Å². The van der Waals surface area contributed by atoms with Crippen molar-refractivity contribution >= 4 is 0 Å². The number of aliphatic hydroxyl groups excluding tert-OH is 1. The lowest BCUT2D eigenvalue weighted by atomic mass is 9.88. The van der Waals surface area contributed by atoms with Crippen molar-refractivity contribution in [3.05, 3.63) is 0 Å². The number of hydrogen-bond donors (Lipinski definition) is 1. The molecule has 0 radical (unpaired) electrons. The van der Waals surface area contributed by atoms with Gasteiger partial charge >= 0.3 is 0 Å². The van der Waals surface area contributed by atoms with Crippen molar-refractivity contribution in [1.82, 2.24) is 4.90 Å². The molecule has 1 N–H and O–H groups in total. The second-order valence-electron chi connectivity index (χ2n) is 4.58. The Bertz CT molecular complexity index is 167. The lowest BCUT2D eigenvalue weighted by molar-refractivity contribution is 0.145. The number of nitrogens with zero attached hydrogens (tertiary/aromatic N) is 1. The maximum atomic E-state index is 9.26. The first-order valence-electron chi connectivity index (χ1n) is 5.05. The molecule has 0 aromatic carbocycles. The van der Waals surface area contributed by atoms with Crippen LogP contribution in [0.1, 0.15) is 19.8 Å². The maximum absolute atomic E-state index is 9.26. The molecule has 1 heterocycles. The third kappa shape index (κ3) is 1.27. The van der Waals surface area contributed by atoms with E-state index in [4.69, 9.17) is 0 Å². The Labute approximate surface area is 74.6 Å². The van der Waals surface area contributed by atoms with Crippen LogP contribution in [0.2, 0.25) is 0 Å². The van der Waals surface area contributed by atoms with E-state index in [1.165, 1.54) is 19.4 Å². The molecule has 1 saturated carbocycles. The van der Waals surface area contributed by atoms with Gasteiger partial charge in [-0.3, -0.25) is 0 Å². The van der Waals surface area contributed by atoms with Crippen LogP contribution in [-0.2, 0) is 0 Å². The summed E-state index contributed by atoms with van der Waals surface area (Å²) < 4.78 is 0. The highest BCUT2D eigenvalue weighted by Gasteiger charge is 2.45. The molecular formula is C10H19NO. The highest BCUT2D eigenvalue weighted by Crippen LogP contribution is 2.46. The summed E-state index contributed by atoms with van der Waals surface area (Å²) in [5.74, 6) is 2.50. The van der Waals surface area contributed by atoms with E-state index in [9.17, 15) is 5.11 Å². The van der Waals surface area contributed by atoms with Gasteiger partial charge in [-0.15, -0.1) is 0 Å². The van der Waals surface area contributed by atoms with Crippen LogP contribution in [-0.4, -0.2) is 36.2 Å². The second kappa shape index (κ2) is 3.00. The van der Waals surface area contributed by atoms with Crippen LogP contribution in [0.15, 0.2) is 0 Å². The van der Waals surface area contributed by atoms with Crippen molar-refractivity contribution in [2.45, 2.75) is 25.8 Å². The SMILES string of the molecule is C[C@H]1CN(C)C(CO)C1C1CC1. The Kier molecular flexibility index (Phi) is 2.13. The fraction of sp³-hybridized carbons (Fsp3) is 1.00. The zero-order chi connectivity index (χ0) is 8.72. The van der Waals surface area contributed by atoms with Crippen molar-refractivity contribution in [3.63, 3.8) is 0 Å². The van der Waals surface area contributed by atoms with Crippen molar-refractivity contribution in [2.75, 3.05) is 20.2 Å². The van der Waals surface area contributed by atoms with Gasteiger partial charge in [-0.2, -0.15) is 0 Å². The third-order valence-electron chi connectivity index (χ3n) is 3.60. The van der Waals surface area contributed by atoms with Gasteiger partial charge in [-0.05, 0) is 37.6 Å². The molecule has 2 aliphatic rings. The molecule has 0 amide bonds. The lowest BCUT2D eigenvalue weighted by Crippen LogP contribution is -2.33. The highest BCUT2D eigenvalue weighted by molar-refractivity contribution is 4.97. The van der Waals surface area contributed by atoms with Crippen LogP contribution in [0.25, 0.3) is 0 Å². The van der Waals surface area contributed by atoms with E-state index in [-0.39, 0.29) is 0 Å². The van der Waals surface area contributed by atoms with Gasteiger partial charge in [-0.1, -0.05) is 6.92 Å². The molecule has 0 spiro atoms. The van der Waals surface area contributed by atoms with Crippen molar-refractivity contribution in [3.8, 4) is 0 Å². The molecule has 2 fully saturated rings. The monoisotopic (exact) mass is 169 g/mol. The van der Waals surface area contributed by atoms with Crippen LogP contribution >= 0.6 is 0 Å². The van der Waals surface area contributed by atoms with Crippen LogP contribution in [0, 0.1) is 17.8 Å². The predicted octanol–water partition coefficient (Wildman–Crippen LogP) is 0.955. The largest absolute Gasteiger partial charge is 0.395 e. The summed E-state index contributed by atoms with van der Waals surface area (Å²) in [6.45, 7) is 3.85. The summed E-state index contributed by atoms with van der Waals surface area (Å²) in [5, 5.41) is 9.26. The molecule has 12 heavy (non-hydrogen) atoms. The van der Waals surface area contributed by atoms with Gasteiger partial charge in [0.1, 0.15) is 0 Å². The quantitative estimate of drug-likeness (QED) is 0.665. The average Bonchev–Trinajstić information content (AvgIpc) is 2.78. The van der Waals surface area contributed by atoms with Crippen molar-refractivity contribution < 1.29 is 5.11 Å². The topological polar surface area (TPSA) is 23.5 Å². The van der Waals surface area contributed by atoms with E-state index in [1.807, 2.05) is 0 Å². The van der Waals surface area contributed by atoms with Crippen LogP contribution < -0.4 is 0 Å². The van der Waals surface area contributed by atoms with Gasteiger partial charge in [0.05, 0.1) is 6.61 Å². The Balaban J connectivity index is 2.06. The molecule has 1 aliphatic carbocycles. The van der Waals surface area contributed by atoms with Gasteiger partial charge in [0, 0.05) is 12.6 Å². The number of hydrogen-bond acceptors (Lipinski definition) is 2. The molecule has 0 aromatic heterocycles. The Morgan fingerprint density at radius 2 is 2.08 bits per heavy atom. The highest BCUT2D eigenvalue weighted by atomic mass is 16.3. The molecule has 70 valence electrons. The van der Waals surface area contributed by atoms with Crippen LogP contribution in [0.5, 0.6) is 0 Å². The normalized spacial score (nSPS) is 43.8. The summed E-state index contributed by atoms with van der Waals surface area (Å²) in [5.41, 5.74) is 0. The minimum atomic E-state index is 0.349. The standard InChI is InChI=1S/C10H19NO/c1-7-5-11(2)9(6-12)10(7)8-3-4-8/h7-10,12H,3-6H2,1-2H3/t7-,9?,10?/m0/s1.